The molecule has 27 heavy (non-hydrogen) atoms. The van der Waals surface area contributed by atoms with Crippen LogP contribution < -0.4 is 4.74 Å². The van der Waals surface area contributed by atoms with E-state index in [-0.39, 0.29) is 5.78 Å². The minimum Gasteiger partial charge on any atom is -0.455 e. The Balaban J connectivity index is 1.87. The molecule has 0 radical (unpaired) electrons. The molecule has 0 fully saturated rings. The minimum absolute atomic E-state index is 0.000866. The van der Waals surface area contributed by atoms with Crippen molar-refractivity contribution in [2.45, 2.75) is 13.8 Å². The third-order valence-corrected chi connectivity index (χ3v) is 6.09. The molecule has 4 heteroatoms. The minimum atomic E-state index is -0.000866. The molecular weight excluding hydrogens is 420 g/mol. The van der Waals surface area contributed by atoms with Crippen LogP contribution in [0.2, 0.25) is 0 Å². The molecular formula is C23H17BrO2S. The summed E-state index contributed by atoms with van der Waals surface area (Å²) in [6.07, 6.45) is 0. The molecule has 3 aromatic carbocycles. The van der Waals surface area contributed by atoms with Gasteiger partial charge in [-0.2, -0.15) is 0 Å². The first-order chi connectivity index (χ1) is 13.0. The lowest BCUT2D eigenvalue weighted by atomic mass is 10.0. The Labute approximate surface area is 170 Å². The number of thiophene rings is 1. The van der Waals surface area contributed by atoms with E-state index in [2.05, 4.69) is 28.9 Å². The summed E-state index contributed by atoms with van der Waals surface area (Å²) < 4.78 is 8.25. The van der Waals surface area contributed by atoms with Gasteiger partial charge in [-0.1, -0.05) is 46.3 Å². The zero-order valence-corrected chi connectivity index (χ0v) is 17.4. The summed E-state index contributed by atoms with van der Waals surface area (Å²) in [6, 6.07) is 21.5. The predicted octanol–water partition coefficient (Wildman–Crippen LogP) is 7.30. The average Bonchev–Trinajstić information content (AvgIpc) is 3.01. The number of rotatable bonds is 4. The van der Waals surface area contributed by atoms with Crippen LogP contribution in [0, 0.1) is 13.8 Å². The number of carbonyl (C=O) groups is 1. The highest BCUT2D eigenvalue weighted by molar-refractivity contribution is 9.10. The highest BCUT2D eigenvalue weighted by atomic mass is 79.9. The third-order valence-electron chi connectivity index (χ3n) is 4.43. The molecule has 0 aliphatic rings. The first-order valence-electron chi connectivity index (χ1n) is 8.60. The van der Waals surface area contributed by atoms with Crippen LogP contribution >= 0.6 is 27.3 Å². The Hall–Kier alpha value is -2.43. The fourth-order valence-corrected chi connectivity index (χ4v) is 4.45. The maximum absolute atomic E-state index is 13.3. The van der Waals surface area contributed by atoms with Gasteiger partial charge < -0.3 is 4.74 Å². The van der Waals surface area contributed by atoms with E-state index in [9.17, 15) is 4.79 Å². The number of ether oxygens (including phenoxy) is 1. The van der Waals surface area contributed by atoms with Crippen LogP contribution in [0.5, 0.6) is 11.5 Å². The van der Waals surface area contributed by atoms with Crippen LogP contribution in [0.4, 0.5) is 0 Å². The summed E-state index contributed by atoms with van der Waals surface area (Å²) in [4.78, 5) is 13.9. The zero-order chi connectivity index (χ0) is 19.0. The van der Waals surface area contributed by atoms with Crippen LogP contribution in [0.3, 0.4) is 0 Å². The molecule has 0 unspecified atom stereocenters. The number of benzene rings is 3. The molecule has 0 bridgehead atoms. The number of hydrogen-bond acceptors (Lipinski definition) is 3. The van der Waals surface area contributed by atoms with Crippen molar-refractivity contribution < 1.29 is 9.53 Å². The third kappa shape index (κ3) is 3.55. The molecule has 134 valence electrons. The van der Waals surface area contributed by atoms with Gasteiger partial charge in [0.1, 0.15) is 10.6 Å². The van der Waals surface area contributed by atoms with Crippen molar-refractivity contribution in [2.24, 2.45) is 0 Å². The van der Waals surface area contributed by atoms with Crippen LogP contribution in [0.15, 0.2) is 71.2 Å². The van der Waals surface area contributed by atoms with Gasteiger partial charge in [0.15, 0.2) is 5.75 Å². The number of aryl methyl sites for hydroxylation is 2. The van der Waals surface area contributed by atoms with Crippen molar-refractivity contribution >= 4 is 43.1 Å². The fourth-order valence-electron chi connectivity index (χ4n) is 3.00. The van der Waals surface area contributed by atoms with E-state index in [1.807, 2.05) is 67.6 Å². The molecule has 0 aliphatic carbocycles. The lowest BCUT2D eigenvalue weighted by molar-refractivity contribution is 0.104. The molecule has 0 saturated carbocycles. The van der Waals surface area contributed by atoms with E-state index in [1.54, 1.807) is 0 Å². The lowest BCUT2D eigenvalue weighted by Gasteiger charge is -2.09. The fraction of sp³-hybridized carbons (Fsp3) is 0.0870. The molecule has 2 nitrogen and oxygen atoms in total. The molecule has 0 atom stereocenters. The van der Waals surface area contributed by atoms with Crippen molar-refractivity contribution in [1.29, 1.82) is 0 Å². The van der Waals surface area contributed by atoms with Crippen molar-refractivity contribution in [3.63, 3.8) is 0 Å². The first-order valence-corrected chi connectivity index (χ1v) is 10.2. The highest BCUT2D eigenvalue weighted by Crippen LogP contribution is 2.42. The van der Waals surface area contributed by atoms with Crippen LogP contribution in [0.25, 0.3) is 10.1 Å². The Morgan fingerprint density at radius 2 is 1.70 bits per heavy atom. The Kier molecular flexibility index (Phi) is 4.85. The highest BCUT2D eigenvalue weighted by Gasteiger charge is 2.23. The van der Waals surface area contributed by atoms with Gasteiger partial charge in [0.2, 0.25) is 5.78 Å². The quantitative estimate of drug-likeness (QED) is 0.313. The van der Waals surface area contributed by atoms with Crippen LogP contribution in [-0.2, 0) is 0 Å². The lowest BCUT2D eigenvalue weighted by Crippen LogP contribution is -2.03. The van der Waals surface area contributed by atoms with E-state index in [0.717, 1.165) is 25.7 Å². The summed E-state index contributed by atoms with van der Waals surface area (Å²) >= 11 is 4.93. The maximum atomic E-state index is 13.3. The van der Waals surface area contributed by atoms with Gasteiger partial charge in [0.25, 0.3) is 0 Å². The maximum Gasteiger partial charge on any atom is 0.207 e. The Morgan fingerprint density at radius 3 is 2.44 bits per heavy atom. The largest absolute Gasteiger partial charge is 0.455 e. The SMILES string of the molecule is Cc1ccc2c(Oc3ccc(Br)cc3)c(C(=O)c3ccccc3C)sc2c1. The summed E-state index contributed by atoms with van der Waals surface area (Å²) in [5.74, 6) is 1.34. The molecule has 0 saturated heterocycles. The number of fused-ring (bicyclic) bond motifs is 1. The summed E-state index contributed by atoms with van der Waals surface area (Å²) in [5.41, 5.74) is 2.83. The summed E-state index contributed by atoms with van der Waals surface area (Å²) in [6.45, 7) is 4.01. The summed E-state index contributed by atoms with van der Waals surface area (Å²) in [7, 11) is 0. The van der Waals surface area contributed by atoms with Gasteiger partial charge in [-0.25, -0.2) is 0 Å². The molecule has 4 rings (SSSR count). The number of carbonyl (C=O) groups excluding carboxylic acids is 1. The Bertz CT molecular complexity index is 1140. The second kappa shape index (κ2) is 7.29. The molecule has 0 aliphatic heterocycles. The van der Waals surface area contributed by atoms with Crippen molar-refractivity contribution in [1.82, 2.24) is 0 Å². The van der Waals surface area contributed by atoms with Gasteiger partial charge in [0.05, 0.1) is 0 Å². The predicted molar refractivity (Wildman–Crippen MR) is 115 cm³/mol. The Morgan fingerprint density at radius 1 is 0.963 bits per heavy atom. The van der Waals surface area contributed by atoms with Crippen molar-refractivity contribution in [3.05, 3.63) is 92.8 Å². The molecule has 0 spiro atoms. The first kappa shape index (κ1) is 18.0. The molecule has 1 heterocycles. The van der Waals surface area contributed by atoms with E-state index in [0.29, 0.717) is 21.9 Å². The van der Waals surface area contributed by atoms with Gasteiger partial charge in [-0.05, 0) is 61.4 Å². The molecule has 4 aromatic rings. The topological polar surface area (TPSA) is 26.3 Å². The molecule has 0 N–H and O–H groups in total. The second-order valence-electron chi connectivity index (χ2n) is 6.46. The molecule has 0 amide bonds. The van der Waals surface area contributed by atoms with E-state index < -0.39 is 0 Å². The number of hydrogen-bond donors (Lipinski definition) is 0. The van der Waals surface area contributed by atoms with E-state index in [4.69, 9.17) is 4.74 Å². The van der Waals surface area contributed by atoms with Gasteiger partial charge >= 0.3 is 0 Å². The number of ketones is 1. The monoisotopic (exact) mass is 436 g/mol. The van der Waals surface area contributed by atoms with Crippen LogP contribution in [-0.4, -0.2) is 5.78 Å². The number of halogens is 1. The van der Waals surface area contributed by atoms with Gasteiger partial charge in [-0.3, -0.25) is 4.79 Å². The standard InChI is InChI=1S/C23H17BrO2S/c1-14-7-12-19-20(13-14)27-23(21(25)18-6-4-3-5-15(18)2)22(19)26-17-10-8-16(24)9-11-17/h3-13H,1-2H3. The van der Waals surface area contributed by atoms with Crippen LogP contribution in [0.1, 0.15) is 26.4 Å². The van der Waals surface area contributed by atoms with E-state index >= 15 is 0 Å². The normalized spacial score (nSPS) is 10.9. The van der Waals surface area contributed by atoms with Gasteiger partial charge in [0, 0.05) is 20.1 Å². The summed E-state index contributed by atoms with van der Waals surface area (Å²) in [5, 5.41) is 0.963. The average molecular weight is 437 g/mol. The zero-order valence-electron chi connectivity index (χ0n) is 15.0. The van der Waals surface area contributed by atoms with E-state index in [1.165, 1.54) is 11.3 Å². The molecule has 1 aromatic heterocycles. The van der Waals surface area contributed by atoms with Crippen molar-refractivity contribution in [3.8, 4) is 11.5 Å². The second-order valence-corrected chi connectivity index (χ2v) is 8.43. The smallest absolute Gasteiger partial charge is 0.207 e. The van der Waals surface area contributed by atoms with Crippen molar-refractivity contribution in [2.75, 3.05) is 0 Å². The van der Waals surface area contributed by atoms with Gasteiger partial charge in [-0.15, -0.1) is 11.3 Å².